The molecule has 1 saturated heterocycles. The molecule has 0 bridgehead atoms. The fourth-order valence-corrected chi connectivity index (χ4v) is 4.75. The number of nitrogens with zero attached hydrogens (tertiary/aromatic N) is 1. The molecule has 0 spiro atoms. The van der Waals surface area contributed by atoms with E-state index in [1.54, 1.807) is 0 Å². The maximum atomic E-state index is 13.8. The Morgan fingerprint density at radius 3 is 2.45 bits per heavy atom. The summed E-state index contributed by atoms with van der Waals surface area (Å²) in [7, 11) is -2.67. The zero-order valence-electron chi connectivity index (χ0n) is 16.6. The van der Waals surface area contributed by atoms with Gasteiger partial charge in [-0.2, -0.15) is 4.31 Å². The number of ether oxygens (including phenoxy) is 1. The number of benzene rings is 2. The minimum absolute atomic E-state index is 0.00792. The summed E-state index contributed by atoms with van der Waals surface area (Å²) in [6.07, 6.45) is 0.200. The molecule has 2 N–H and O–H groups in total. The van der Waals surface area contributed by atoms with Crippen molar-refractivity contribution in [3.63, 3.8) is 0 Å². The van der Waals surface area contributed by atoms with Crippen molar-refractivity contribution in [2.45, 2.75) is 17.7 Å². The van der Waals surface area contributed by atoms with Crippen LogP contribution in [0.2, 0.25) is 0 Å². The van der Waals surface area contributed by atoms with Crippen molar-refractivity contribution in [3.8, 4) is 0 Å². The van der Waals surface area contributed by atoms with Gasteiger partial charge in [0.1, 0.15) is 11.6 Å². The zero-order chi connectivity index (χ0) is 22.6. The highest BCUT2D eigenvalue weighted by Gasteiger charge is 2.33. The Hall–Kier alpha value is -3.05. The summed E-state index contributed by atoms with van der Waals surface area (Å²) in [5.74, 6) is -2.90. The highest BCUT2D eigenvalue weighted by atomic mass is 32.2. The number of carbonyl (C=O) groups is 2. The van der Waals surface area contributed by atoms with E-state index < -0.39 is 39.6 Å². The number of carbonyl (C=O) groups excluding carboxylic acids is 2. The summed E-state index contributed by atoms with van der Waals surface area (Å²) in [5.41, 5.74) is 0.197. The maximum Gasteiger partial charge on any atom is 0.411 e. The van der Waals surface area contributed by atoms with E-state index in [0.29, 0.717) is 24.6 Å². The molecule has 2 aromatic rings. The van der Waals surface area contributed by atoms with Gasteiger partial charge in [-0.05, 0) is 49.2 Å². The van der Waals surface area contributed by atoms with E-state index in [4.69, 9.17) is 0 Å². The normalized spacial score (nSPS) is 17.1. The SMILES string of the molecule is COC(=O)Nc1ccc(S(=O)(=O)N2CCC[C@@H](C(=O)Nc3ccc(F)cc3F)C2)cc1. The van der Waals surface area contributed by atoms with Crippen LogP contribution in [0.3, 0.4) is 0 Å². The van der Waals surface area contributed by atoms with Crippen molar-refractivity contribution >= 4 is 33.4 Å². The van der Waals surface area contributed by atoms with E-state index >= 15 is 0 Å². The average Bonchev–Trinajstić information content (AvgIpc) is 2.76. The minimum atomic E-state index is -3.88. The molecular weight excluding hydrogens is 432 g/mol. The lowest BCUT2D eigenvalue weighted by molar-refractivity contribution is -0.120. The number of methoxy groups -OCH3 is 1. The number of hydrogen-bond donors (Lipinski definition) is 2. The van der Waals surface area contributed by atoms with Crippen LogP contribution in [0.5, 0.6) is 0 Å². The van der Waals surface area contributed by atoms with Gasteiger partial charge in [-0.1, -0.05) is 0 Å². The van der Waals surface area contributed by atoms with Gasteiger partial charge in [0.25, 0.3) is 0 Å². The molecule has 11 heteroatoms. The topological polar surface area (TPSA) is 105 Å². The molecule has 0 aliphatic carbocycles. The summed E-state index contributed by atoms with van der Waals surface area (Å²) in [6, 6.07) is 8.34. The first kappa shape index (κ1) is 22.6. The molecule has 3 rings (SSSR count). The van der Waals surface area contributed by atoms with Gasteiger partial charge < -0.3 is 10.1 Å². The van der Waals surface area contributed by atoms with Gasteiger partial charge in [-0.15, -0.1) is 0 Å². The second-order valence-electron chi connectivity index (χ2n) is 6.96. The Bertz CT molecular complexity index is 1080. The molecule has 0 radical (unpaired) electrons. The maximum absolute atomic E-state index is 13.8. The molecule has 1 aliphatic heterocycles. The Balaban J connectivity index is 1.69. The van der Waals surface area contributed by atoms with Crippen molar-refractivity contribution in [1.29, 1.82) is 0 Å². The molecule has 8 nitrogen and oxygen atoms in total. The first-order valence-electron chi connectivity index (χ1n) is 9.42. The van der Waals surface area contributed by atoms with Gasteiger partial charge in [0.15, 0.2) is 0 Å². The Morgan fingerprint density at radius 2 is 1.81 bits per heavy atom. The largest absolute Gasteiger partial charge is 0.453 e. The second-order valence-corrected chi connectivity index (χ2v) is 8.89. The van der Waals surface area contributed by atoms with Crippen LogP contribution >= 0.6 is 0 Å². The van der Waals surface area contributed by atoms with Crippen LogP contribution in [-0.4, -0.2) is 44.9 Å². The van der Waals surface area contributed by atoms with Crippen LogP contribution in [0.1, 0.15) is 12.8 Å². The first-order valence-corrected chi connectivity index (χ1v) is 10.9. The summed E-state index contributed by atoms with van der Waals surface area (Å²) in [6.45, 7) is 0.165. The minimum Gasteiger partial charge on any atom is -0.453 e. The Morgan fingerprint density at radius 1 is 1.10 bits per heavy atom. The molecule has 2 aromatic carbocycles. The van der Waals surface area contributed by atoms with Crippen LogP contribution < -0.4 is 10.6 Å². The number of piperidine rings is 1. The molecule has 166 valence electrons. The summed E-state index contributed by atoms with van der Waals surface area (Å²) in [4.78, 5) is 23.8. The molecular formula is C20H21F2N3O5S. The number of nitrogens with one attached hydrogen (secondary N) is 2. The van der Waals surface area contributed by atoms with Crippen LogP contribution in [0, 0.1) is 17.6 Å². The average molecular weight is 453 g/mol. The third-order valence-corrected chi connectivity index (χ3v) is 6.75. The van der Waals surface area contributed by atoms with Gasteiger partial charge in [0.05, 0.1) is 23.6 Å². The van der Waals surface area contributed by atoms with Crippen molar-refractivity contribution in [2.24, 2.45) is 5.92 Å². The van der Waals surface area contributed by atoms with Crippen LogP contribution in [0.4, 0.5) is 25.0 Å². The standard InChI is InChI=1S/C20H21F2N3O5S/c1-30-20(27)23-15-5-7-16(8-6-15)31(28,29)25-10-2-3-13(12-25)19(26)24-18-9-4-14(21)11-17(18)22/h4-9,11,13H,2-3,10,12H2,1H3,(H,23,27)(H,24,26)/t13-/m1/s1. The predicted octanol–water partition coefficient (Wildman–Crippen LogP) is 3.18. The summed E-state index contributed by atoms with van der Waals surface area (Å²) < 4.78 is 58.5. The number of sulfonamides is 1. The van der Waals surface area contributed by atoms with Crippen LogP contribution in [0.25, 0.3) is 0 Å². The van der Waals surface area contributed by atoms with Gasteiger partial charge in [-0.3, -0.25) is 10.1 Å². The monoisotopic (exact) mass is 453 g/mol. The number of halogens is 2. The lowest BCUT2D eigenvalue weighted by Crippen LogP contribution is -2.43. The molecule has 2 amide bonds. The van der Waals surface area contributed by atoms with Gasteiger partial charge in [0, 0.05) is 24.8 Å². The molecule has 31 heavy (non-hydrogen) atoms. The third-order valence-electron chi connectivity index (χ3n) is 4.87. The Labute approximate surface area is 178 Å². The predicted molar refractivity (Wildman–Crippen MR) is 109 cm³/mol. The van der Waals surface area contributed by atoms with Crippen molar-refractivity contribution in [2.75, 3.05) is 30.8 Å². The van der Waals surface area contributed by atoms with E-state index in [-0.39, 0.29) is 23.7 Å². The van der Waals surface area contributed by atoms with Crippen molar-refractivity contribution < 1.29 is 31.5 Å². The van der Waals surface area contributed by atoms with E-state index in [1.165, 1.54) is 35.7 Å². The molecule has 0 saturated carbocycles. The zero-order valence-corrected chi connectivity index (χ0v) is 17.4. The molecule has 1 fully saturated rings. The Kier molecular flexibility index (Phi) is 6.86. The summed E-state index contributed by atoms with van der Waals surface area (Å²) >= 11 is 0. The van der Waals surface area contributed by atoms with E-state index in [9.17, 15) is 26.8 Å². The second kappa shape index (κ2) is 9.40. The number of rotatable bonds is 5. The summed E-state index contributed by atoms with van der Waals surface area (Å²) in [5, 5.41) is 4.82. The van der Waals surface area contributed by atoms with E-state index in [2.05, 4.69) is 15.4 Å². The van der Waals surface area contributed by atoms with Crippen LogP contribution in [-0.2, 0) is 19.6 Å². The lowest BCUT2D eigenvalue weighted by Gasteiger charge is -2.31. The van der Waals surface area contributed by atoms with Crippen molar-refractivity contribution in [1.82, 2.24) is 4.31 Å². The van der Waals surface area contributed by atoms with E-state index in [1.807, 2.05) is 0 Å². The quantitative estimate of drug-likeness (QED) is 0.724. The van der Waals surface area contributed by atoms with Gasteiger partial charge >= 0.3 is 6.09 Å². The van der Waals surface area contributed by atoms with Crippen LogP contribution in [0.15, 0.2) is 47.4 Å². The number of amides is 2. The fourth-order valence-electron chi connectivity index (χ4n) is 3.23. The number of hydrogen-bond acceptors (Lipinski definition) is 5. The highest BCUT2D eigenvalue weighted by Crippen LogP contribution is 2.26. The van der Waals surface area contributed by atoms with Gasteiger partial charge in [0.2, 0.25) is 15.9 Å². The fraction of sp³-hybridized carbons (Fsp3) is 0.300. The molecule has 0 unspecified atom stereocenters. The van der Waals surface area contributed by atoms with Crippen molar-refractivity contribution in [3.05, 3.63) is 54.1 Å². The van der Waals surface area contributed by atoms with E-state index in [0.717, 1.165) is 12.1 Å². The highest BCUT2D eigenvalue weighted by molar-refractivity contribution is 7.89. The smallest absolute Gasteiger partial charge is 0.411 e. The molecule has 1 atom stereocenters. The van der Waals surface area contributed by atoms with Gasteiger partial charge in [-0.25, -0.2) is 22.0 Å². The molecule has 1 heterocycles. The third kappa shape index (κ3) is 5.36. The number of anilines is 2. The molecule has 1 aliphatic rings. The molecule has 0 aromatic heterocycles. The first-order chi connectivity index (χ1) is 14.7. The lowest BCUT2D eigenvalue weighted by atomic mass is 9.98.